The lowest BCUT2D eigenvalue weighted by Crippen LogP contribution is -2.73. The molecular weight excluding hydrogens is 500 g/mol. The van der Waals surface area contributed by atoms with Crippen molar-refractivity contribution < 1.29 is 39.2 Å². The summed E-state index contributed by atoms with van der Waals surface area (Å²) in [6.07, 6.45) is 0.911. The van der Waals surface area contributed by atoms with E-state index >= 15 is 0 Å². The van der Waals surface area contributed by atoms with Crippen LogP contribution < -0.4 is 0 Å². The van der Waals surface area contributed by atoms with Crippen LogP contribution in [0.2, 0.25) is 0 Å². The SMILES string of the molecule is COC(=O)CC[C@@H](C)[C@H]1CC[C@H]2[C@@H]3[C@H](O)C[C@@H]4C[C@H](O)C(C(C)=O)C(C(C)=O)(C(C)=O)[C@]4(C)[C@H]3C[C@H](O)[C@]12C. The average Bonchev–Trinajstić information content (AvgIpc) is 3.21. The lowest BCUT2D eigenvalue weighted by Gasteiger charge is -2.69. The molecule has 8 nitrogen and oxygen atoms in total. The van der Waals surface area contributed by atoms with Gasteiger partial charge in [-0.3, -0.25) is 19.2 Å². The molecule has 0 aromatic heterocycles. The fraction of sp³-hybridized carbons (Fsp3) is 0.871. The highest BCUT2D eigenvalue weighted by Gasteiger charge is 2.75. The molecule has 1 unspecified atom stereocenters. The van der Waals surface area contributed by atoms with Gasteiger partial charge in [-0.1, -0.05) is 20.8 Å². The van der Waals surface area contributed by atoms with Gasteiger partial charge in [0.2, 0.25) is 0 Å². The van der Waals surface area contributed by atoms with Crippen LogP contribution in [0.3, 0.4) is 0 Å². The second-order valence-corrected chi connectivity index (χ2v) is 13.8. The predicted molar refractivity (Wildman–Crippen MR) is 143 cm³/mol. The molecule has 0 amide bonds. The molecule has 4 aliphatic carbocycles. The molecule has 0 saturated heterocycles. The van der Waals surface area contributed by atoms with Crippen molar-refractivity contribution in [3.8, 4) is 0 Å². The van der Waals surface area contributed by atoms with E-state index in [4.69, 9.17) is 4.74 Å². The Morgan fingerprint density at radius 2 is 1.49 bits per heavy atom. The third kappa shape index (κ3) is 4.02. The lowest BCUT2D eigenvalue weighted by molar-refractivity contribution is -0.249. The van der Waals surface area contributed by atoms with Crippen LogP contribution in [-0.4, -0.2) is 64.1 Å². The van der Waals surface area contributed by atoms with E-state index in [9.17, 15) is 34.5 Å². The number of hydrogen-bond donors (Lipinski definition) is 3. The number of methoxy groups -OCH3 is 1. The van der Waals surface area contributed by atoms with Crippen LogP contribution in [0.4, 0.5) is 0 Å². The van der Waals surface area contributed by atoms with Gasteiger partial charge in [0.25, 0.3) is 0 Å². The summed E-state index contributed by atoms with van der Waals surface area (Å²) in [6, 6.07) is 0. The molecule has 4 aliphatic rings. The van der Waals surface area contributed by atoms with Gasteiger partial charge in [-0.05, 0) is 106 Å². The van der Waals surface area contributed by atoms with Gasteiger partial charge in [-0.15, -0.1) is 0 Å². The molecule has 12 atom stereocenters. The zero-order chi connectivity index (χ0) is 29.2. The van der Waals surface area contributed by atoms with Crippen molar-refractivity contribution in [2.45, 2.75) is 105 Å². The molecule has 0 aromatic rings. The molecule has 4 fully saturated rings. The third-order valence-electron chi connectivity index (χ3n) is 12.6. The van der Waals surface area contributed by atoms with Crippen LogP contribution in [0.1, 0.15) is 86.5 Å². The summed E-state index contributed by atoms with van der Waals surface area (Å²) < 4.78 is 4.84. The Morgan fingerprint density at radius 1 is 0.897 bits per heavy atom. The molecule has 220 valence electrons. The largest absolute Gasteiger partial charge is 0.469 e. The van der Waals surface area contributed by atoms with Crippen LogP contribution >= 0.6 is 0 Å². The molecule has 0 spiro atoms. The maximum Gasteiger partial charge on any atom is 0.305 e. The van der Waals surface area contributed by atoms with Crippen molar-refractivity contribution in [1.29, 1.82) is 0 Å². The normalized spacial score (nSPS) is 45.3. The minimum atomic E-state index is -1.72. The van der Waals surface area contributed by atoms with Gasteiger partial charge in [0.05, 0.1) is 31.3 Å². The van der Waals surface area contributed by atoms with Crippen LogP contribution in [-0.2, 0) is 23.9 Å². The second-order valence-electron chi connectivity index (χ2n) is 13.8. The Balaban J connectivity index is 1.80. The van der Waals surface area contributed by atoms with Crippen molar-refractivity contribution in [3.05, 3.63) is 0 Å². The van der Waals surface area contributed by atoms with E-state index in [0.717, 1.165) is 12.8 Å². The number of ketones is 3. The number of carbonyl (C=O) groups is 4. The molecule has 0 heterocycles. The second kappa shape index (κ2) is 10.3. The highest BCUT2D eigenvalue weighted by Crippen LogP contribution is 2.72. The van der Waals surface area contributed by atoms with Crippen LogP contribution in [0.25, 0.3) is 0 Å². The Morgan fingerprint density at radius 3 is 2.03 bits per heavy atom. The van der Waals surface area contributed by atoms with Gasteiger partial charge >= 0.3 is 5.97 Å². The predicted octanol–water partition coefficient (Wildman–Crippen LogP) is 3.13. The fourth-order valence-electron chi connectivity index (χ4n) is 11.0. The van der Waals surface area contributed by atoms with Crippen molar-refractivity contribution in [2.24, 2.45) is 57.7 Å². The van der Waals surface area contributed by atoms with Gasteiger partial charge in [0.1, 0.15) is 22.8 Å². The molecule has 0 bridgehead atoms. The van der Waals surface area contributed by atoms with E-state index in [0.29, 0.717) is 25.7 Å². The van der Waals surface area contributed by atoms with E-state index in [1.165, 1.54) is 27.9 Å². The summed E-state index contributed by atoms with van der Waals surface area (Å²) in [5.74, 6) is -3.31. The van der Waals surface area contributed by atoms with Gasteiger partial charge in [0, 0.05) is 6.42 Å². The number of aliphatic hydroxyl groups excluding tert-OH is 3. The molecule has 0 aliphatic heterocycles. The first-order valence-electron chi connectivity index (χ1n) is 14.7. The van der Waals surface area contributed by atoms with Crippen molar-refractivity contribution in [1.82, 2.24) is 0 Å². The zero-order valence-electron chi connectivity index (χ0n) is 24.6. The summed E-state index contributed by atoms with van der Waals surface area (Å²) >= 11 is 0. The zero-order valence-corrected chi connectivity index (χ0v) is 24.6. The molecule has 8 heteroatoms. The minimum Gasteiger partial charge on any atom is -0.469 e. The van der Waals surface area contributed by atoms with Crippen LogP contribution in [0.15, 0.2) is 0 Å². The number of rotatable bonds is 7. The highest BCUT2D eigenvalue weighted by molar-refractivity contribution is 6.10. The number of hydrogen-bond acceptors (Lipinski definition) is 8. The Labute approximate surface area is 232 Å². The van der Waals surface area contributed by atoms with E-state index in [1.54, 1.807) is 0 Å². The number of carbonyl (C=O) groups excluding carboxylic acids is 4. The smallest absolute Gasteiger partial charge is 0.305 e. The molecule has 4 rings (SSSR count). The van der Waals surface area contributed by atoms with Gasteiger partial charge in [-0.2, -0.15) is 0 Å². The topological polar surface area (TPSA) is 138 Å². The van der Waals surface area contributed by atoms with Crippen molar-refractivity contribution in [3.63, 3.8) is 0 Å². The van der Waals surface area contributed by atoms with Gasteiger partial charge in [0.15, 0.2) is 0 Å². The number of ether oxygens (including phenoxy) is 1. The number of esters is 1. The van der Waals surface area contributed by atoms with E-state index in [1.807, 2.05) is 6.92 Å². The van der Waals surface area contributed by atoms with Crippen molar-refractivity contribution in [2.75, 3.05) is 7.11 Å². The Kier molecular flexibility index (Phi) is 8.03. The summed E-state index contributed by atoms with van der Waals surface area (Å²) in [7, 11) is 1.38. The average molecular weight is 549 g/mol. The first-order valence-corrected chi connectivity index (χ1v) is 14.7. The highest BCUT2D eigenvalue weighted by atomic mass is 16.5. The minimum absolute atomic E-state index is 0.0381. The van der Waals surface area contributed by atoms with Crippen LogP contribution in [0.5, 0.6) is 0 Å². The first kappa shape index (κ1) is 30.3. The van der Waals surface area contributed by atoms with E-state index < -0.39 is 52.0 Å². The Bertz CT molecular complexity index is 1010. The lowest BCUT2D eigenvalue weighted by atomic mass is 9.34. The fourth-order valence-corrected chi connectivity index (χ4v) is 11.0. The quantitative estimate of drug-likeness (QED) is 0.326. The van der Waals surface area contributed by atoms with E-state index in [-0.39, 0.29) is 53.7 Å². The number of aliphatic hydroxyl groups is 3. The molecule has 4 saturated carbocycles. The number of Topliss-reactive ketones (excluding diaryl/α,β-unsaturated/α-hetero) is 3. The molecule has 39 heavy (non-hydrogen) atoms. The van der Waals surface area contributed by atoms with Gasteiger partial charge < -0.3 is 20.1 Å². The first-order chi connectivity index (χ1) is 18.1. The monoisotopic (exact) mass is 548 g/mol. The van der Waals surface area contributed by atoms with Crippen molar-refractivity contribution >= 4 is 23.3 Å². The summed E-state index contributed by atoms with van der Waals surface area (Å²) in [6.45, 7) is 10.2. The summed E-state index contributed by atoms with van der Waals surface area (Å²) in [4.78, 5) is 52.2. The molecule has 3 N–H and O–H groups in total. The Hall–Kier alpha value is -1.64. The molecular formula is C31H48O8. The maximum atomic E-state index is 13.7. The standard InChI is InChI=1S/C31H48O8/c1-15(8-11-26(38)39-7)20-9-10-21-27-22(14-25(37)29(20,21)5)30(6)19(12-23(27)35)13-24(36)28(16(2)32)31(30,17(3)33)18(4)34/h15,19-25,27-28,35-37H,8-14H2,1-7H3/t15-,19-,20-,21+,22+,23-,24+,25+,27+,28?,29-,30+/m1/s1. The third-order valence-corrected chi connectivity index (χ3v) is 12.6. The maximum absolute atomic E-state index is 13.7. The van der Waals surface area contributed by atoms with E-state index in [2.05, 4.69) is 13.8 Å². The molecule has 0 radical (unpaired) electrons. The summed E-state index contributed by atoms with van der Waals surface area (Å²) in [5, 5.41) is 34.8. The van der Waals surface area contributed by atoms with Gasteiger partial charge in [-0.25, -0.2) is 0 Å². The summed E-state index contributed by atoms with van der Waals surface area (Å²) in [5.41, 5.74) is -3.21. The number of fused-ring (bicyclic) bond motifs is 5. The van der Waals surface area contributed by atoms with Crippen LogP contribution in [0, 0.1) is 57.7 Å². The molecule has 0 aromatic carbocycles.